The molecule has 0 aliphatic carbocycles. The van der Waals surface area contributed by atoms with Gasteiger partial charge in [-0.2, -0.15) is 8.42 Å². The molecule has 8 rings (SSSR count). The van der Waals surface area contributed by atoms with Crippen molar-refractivity contribution in [1.82, 2.24) is 5.32 Å². The van der Waals surface area contributed by atoms with Gasteiger partial charge in [-0.05, 0) is 56.7 Å². The molecule has 1 amide bonds. The van der Waals surface area contributed by atoms with Gasteiger partial charge in [-0.25, -0.2) is 4.18 Å². The lowest BCUT2D eigenvalue weighted by Crippen LogP contribution is -2.70. The molecule has 6 aromatic rings. The Morgan fingerprint density at radius 3 is 1.57 bits per heavy atom. The fourth-order valence-corrected chi connectivity index (χ4v) is 15.4. The molecule has 6 aromatic carbocycles. The monoisotopic (exact) mass is 1150 g/mol. The number of rotatable bonds is 27. The molecule has 432 valence electrons. The third-order valence-electron chi connectivity index (χ3n) is 14.3. The largest absolute Gasteiger partial charge is 0.497 e. The van der Waals surface area contributed by atoms with Crippen molar-refractivity contribution in [3.8, 4) is 5.75 Å². The van der Waals surface area contributed by atoms with Crippen LogP contribution in [0.15, 0.2) is 189 Å². The van der Waals surface area contributed by atoms with Crippen LogP contribution in [0.1, 0.15) is 56.9 Å². The maximum Gasteiger partial charge on any atom is 0.397 e. The van der Waals surface area contributed by atoms with Crippen LogP contribution in [0.5, 0.6) is 5.75 Å². The zero-order chi connectivity index (χ0) is 57.4. The lowest BCUT2D eigenvalue weighted by atomic mass is 9.94. The Bertz CT molecular complexity index is 2920. The summed E-state index contributed by atoms with van der Waals surface area (Å²) >= 11 is 0. The number of benzene rings is 6. The molecular weight excluding hydrogens is 1070 g/mol. The number of hydrogen-bond acceptors (Lipinski definition) is 14. The number of methoxy groups -OCH3 is 1. The molecule has 16 nitrogen and oxygen atoms in total. The Hall–Kier alpha value is -5.94. The molecule has 1 unspecified atom stereocenters. The lowest BCUT2D eigenvalue weighted by Gasteiger charge is -2.51. The van der Waals surface area contributed by atoms with Gasteiger partial charge < -0.3 is 52.4 Å². The summed E-state index contributed by atoms with van der Waals surface area (Å²) in [6.45, 7) is 13.5. The van der Waals surface area contributed by atoms with Crippen LogP contribution in [0.25, 0.3) is 0 Å². The standard InChI is InChI=1S/C63H75NO15SSi/c1-8-44(2)75-62-60(79-80(66,67)68)59(73-40-48-28-18-11-19-29-48)57(53(77-62)42-70-38-46-24-14-9-15-25-46)78-61-55(64-45(3)65)58(72-39-47-26-16-10-17-27-47)56(71-41-49-34-36-50(69-7)37-35-49)54(76-61)43-74-81(63(4,5)6,51-30-20-12-21-31-51)52-32-22-13-23-33-52/h8-37,44,53-62H,1,38-43H2,2-7H3,(H,64,65)(H,66,67,68)/t44?,53-,54-,55-,56-,57-,58-,59+,60-,61-,62-/m1/s1. The predicted molar refractivity (Wildman–Crippen MR) is 308 cm³/mol. The van der Waals surface area contributed by atoms with Gasteiger partial charge in [0.1, 0.15) is 48.4 Å². The first kappa shape index (κ1) is 61.1. The van der Waals surface area contributed by atoms with Crippen LogP contribution >= 0.6 is 0 Å². The molecule has 2 fully saturated rings. The van der Waals surface area contributed by atoms with Crippen molar-refractivity contribution >= 4 is 35.0 Å². The Labute approximate surface area is 477 Å². The molecule has 2 saturated heterocycles. The molecule has 18 heteroatoms. The highest BCUT2D eigenvalue weighted by molar-refractivity contribution is 7.80. The molecule has 0 spiro atoms. The Morgan fingerprint density at radius 2 is 1.09 bits per heavy atom. The van der Waals surface area contributed by atoms with Crippen LogP contribution < -0.4 is 20.4 Å². The number of ether oxygens (including phenoxy) is 9. The third-order valence-corrected chi connectivity index (χ3v) is 19.7. The minimum absolute atomic E-state index is 0.0685. The normalized spacial score (nSPS) is 23.7. The Morgan fingerprint density at radius 1 is 0.630 bits per heavy atom. The maximum atomic E-state index is 13.8. The molecule has 2 aliphatic heterocycles. The molecule has 81 heavy (non-hydrogen) atoms. The van der Waals surface area contributed by atoms with E-state index < -0.39 is 97.1 Å². The van der Waals surface area contributed by atoms with Crippen LogP contribution in [-0.4, -0.2) is 115 Å². The van der Waals surface area contributed by atoms with Gasteiger partial charge in [0.05, 0.1) is 52.9 Å². The van der Waals surface area contributed by atoms with Crippen molar-refractivity contribution in [1.29, 1.82) is 0 Å². The van der Waals surface area contributed by atoms with Gasteiger partial charge in [0.25, 0.3) is 8.32 Å². The molecule has 0 bridgehead atoms. The summed E-state index contributed by atoms with van der Waals surface area (Å²) in [4.78, 5) is 13.8. The van der Waals surface area contributed by atoms with Crippen molar-refractivity contribution in [3.63, 3.8) is 0 Å². The van der Waals surface area contributed by atoms with Crippen LogP contribution in [0.2, 0.25) is 5.04 Å². The number of nitrogens with one attached hydrogen (secondary N) is 1. The molecule has 2 heterocycles. The summed E-state index contributed by atoms with van der Waals surface area (Å²) < 4.78 is 110. The van der Waals surface area contributed by atoms with E-state index in [0.717, 1.165) is 32.6 Å². The number of hydrogen-bond donors (Lipinski definition) is 2. The van der Waals surface area contributed by atoms with Gasteiger partial charge in [0, 0.05) is 6.92 Å². The third kappa shape index (κ3) is 16.4. The highest BCUT2D eigenvalue weighted by Gasteiger charge is 2.57. The van der Waals surface area contributed by atoms with E-state index in [0.29, 0.717) is 5.75 Å². The second kappa shape index (κ2) is 28.8. The number of carbonyl (C=O) groups is 1. The molecule has 11 atom stereocenters. The van der Waals surface area contributed by atoms with E-state index in [-0.39, 0.29) is 39.6 Å². The van der Waals surface area contributed by atoms with Crippen LogP contribution in [0.4, 0.5) is 0 Å². The van der Waals surface area contributed by atoms with E-state index in [1.807, 2.05) is 152 Å². The summed E-state index contributed by atoms with van der Waals surface area (Å²) in [5, 5.41) is 4.70. The molecule has 2 N–H and O–H groups in total. The van der Waals surface area contributed by atoms with Crippen molar-refractivity contribution in [2.24, 2.45) is 0 Å². The minimum Gasteiger partial charge on any atom is -0.497 e. The quantitative estimate of drug-likeness (QED) is 0.0283. The highest BCUT2D eigenvalue weighted by Crippen LogP contribution is 2.40. The van der Waals surface area contributed by atoms with Crippen LogP contribution in [0.3, 0.4) is 0 Å². The first-order chi connectivity index (χ1) is 39.0. The van der Waals surface area contributed by atoms with Crippen molar-refractivity contribution < 1.29 is 69.0 Å². The minimum atomic E-state index is -5.24. The highest BCUT2D eigenvalue weighted by atomic mass is 32.3. The van der Waals surface area contributed by atoms with Crippen molar-refractivity contribution in [3.05, 3.63) is 211 Å². The second-order valence-electron chi connectivity index (χ2n) is 21.1. The van der Waals surface area contributed by atoms with E-state index in [1.54, 1.807) is 14.0 Å². The SMILES string of the molecule is C=CC(C)O[C@@H]1O[C@H](COCc2ccccc2)[C@@H](O[C@H]2O[C@H](CO[Si](c3ccccc3)(c3ccccc3)C(C)(C)C)[C@@H](OCc3ccc(OC)cc3)[C@H](OCc3ccccc3)[C@H]2NC(C)=O)[C@H](OCc2ccccc2)[C@H]1OS(=O)(=O)O. The van der Waals surface area contributed by atoms with E-state index in [1.165, 1.54) is 13.0 Å². The average molecular weight is 1150 g/mol. The molecule has 0 aromatic heterocycles. The lowest BCUT2D eigenvalue weighted by molar-refractivity contribution is -0.356. The summed E-state index contributed by atoms with van der Waals surface area (Å²) in [7, 11) is -6.94. The van der Waals surface area contributed by atoms with Gasteiger partial charge in [-0.3, -0.25) is 9.35 Å². The van der Waals surface area contributed by atoms with Gasteiger partial charge in [0.2, 0.25) is 5.91 Å². The fourth-order valence-electron chi connectivity index (χ4n) is 10.4. The van der Waals surface area contributed by atoms with Gasteiger partial charge in [-0.15, -0.1) is 6.58 Å². The smallest absolute Gasteiger partial charge is 0.397 e. The van der Waals surface area contributed by atoms with Gasteiger partial charge >= 0.3 is 10.4 Å². The molecule has 2 aliphatic rings. The zero-order valence-electron chi connectivity index (χ0n) is 46.7. The summed E-state index contributed by atoms with van der Waals surface area (Å²) in [6, 6.07) is 55.1. The fraction of sp³-hybridized carbons (Fsp3) is 0.381. The van der Waals surface area contributed by atoms with E-state index in [9.17, 15) is 17.8 Å². The summed E-state index contributed by atoms with van der Waals surface area (Å²) in [5.41, 5.74) is 3.25. The van der Waals surface area contributed by atoms with Gasteiger partial charge in [-0.1, -0.05) is 191 Å². The van der Waals surface area contributed by atoms with Crippen LogP contribution in [-0.2, 0) is 88.1 Å². The maximum absolute atomic E-state index is 13.8. The van der Waals surface area contributed by atoms with Crippen LogP contribution in [0, 0.1) is 0 Å². The van der Waals surface area contributed by atoms with Crippen molar-refractivity contribution in [2.75, 3.05) is 20.3 Å². The van der Waals surface area contributed by atoms with E-state index >= 15 is 0 Å². The molecular formula is C63H75NO15SSi. The Kier molecular flexibility index (Phi) is 21.8. The molecule has 0 saturated carbocycles. The number of amides is 1. The number of carbonyl (C=O) groups excluding carboxylic acids is 1. The topological polar surface area (TPSA) is 185 Å². The van der Waals surface area contributed by atoms with Crippen molar-refractivity contribution in [2.45, 2.75) is 134 Å². The summed E-state index contributed by atoms with van der Waals surface area (Å²) in [6.07, 6.45) is -10.8. The molecule has 0 radical (unpaired) electrons. The zero-order valence-corrected chi connectivity index (χ0v) is 48.5. The predicted octanol–water partition coefficient (Wildman–Crippen LogP) is 8.66. The summed E-state index contributed by atoms with van der Waals surface area (Å²) in [5.74, 6) is 0.227. The second-order valence-corrected chi connectivity index (χ2v) is 26.5. The van der Waals surface area contributed by atoms with E-state index in [4.69, 9.17) is 51.2 Å². The first-order valence-corrected chi connectivity index (χ1v) is 30.4. The van der Waals surface area contributed by atoms with E-state index in [2.05, 4.69) is 56.9 Å². The first-order valence-electron chi connectivity index (χ1n) is 27.1. The average Bonchev–Trinajstić information content (AvgIpc) is 3.55. The Balaban J connectivity index is 1.28. The van der Waals surface area contributed by atoms with Gasteiger partial charge in [0.15, 0.2) is 18.7 Å².